The maximum atomic E-state index is 11.6. The van der Waals surface area contributed by atoms with Crippen LogP contribution in [0, 0.1) is 28.1 Å². The van der Waals surface area contributed by atoms with E-state index in [9.17, 15) is 9.90 Å². The number of hydrogen-bond acceptors (Lipinski definition) is 1. The maximum absolute atomic E-state index is 11.6. The van der Waals surface area contributed by atoms with E-state index >= 15 is 0 Å². The van der Waals surface area contributed by atoms with Crippen LogP contribution >= 0.6 is 0 Å². The second kappa shape index (κ2) is 4.48. The molecular weight excluding hydrogens is 248 g/mol. The van der Waals surface area contributed by atoms with Crippen molar-refractivity contribution in [2.45, 2.75) is 78.6 Å². The summed E-state index contributed by atoms with van der Waals surface area (Å²) in [5.41, 5.74) is 0.482. The Labute approximate surface area is 123 Å². The molecule has 20 heavy (non-hydrogen) atoms. The molecular formula is C18H30O2. The molecule has 0 aromatic rings. The van der Waals surface area contributed by atoms with Gasteiger partial charge in [0.15, 0.2) is 0 Å². The van der Waals surface area contributed by atoms with Crippen LogP contribution in [0.5, 0.6) is 0 Å². The molecule has 2 nitrogen and oxygen atoms in total. The van der Waals surface area contributed by atoms with E-state index in [1.807, 2.05) is 6.92 Å². The fourth-order valence-corrected chi connectivity index (χ4v) is 6.04. The Kier molecular flexibility index (Phi) is 3.23. The van der Waals surface area contributed by atoms with Gasteiger partial charge < -0.3 is 5.11 Å². The minimum atomic E-state index is -0.573. The van der Waals surface area contributed by atoms with Crippen molar-refractivity contribution in [3.8, 4) is 0 Å². The molecule has 0 radical (unpaired) electrons. The van der Waals surface area contributed by atoms with Gasteiger partial charge in [-0.3, -0.25) is 4.79 Å². The van der Waals surface area contributed by atoms with Crippen LogP contribution in [-0.2, 0) is 4.79 Å². The predicted octanol–water partition coefficient (Wildman–Crippen LogP) is 4.87. The standard InChI is InChI=1S/C18H30O2/c1-16-8-5-4-6-14(16)18(3)11-10-17(2,15(19)20)12-13(18)7-9-16/h13-14H,4-12H2,1-3H3,(H,19,20)/t13-,14-,16+,17+,18-/m1/s1. The molecule has 3 rings (SSSR count). The van der Waals surface area contributed by atoms with Crippen molar-refractivity contribution < 1.29 is 9.90 Å². The first kappa shape index (κ1) is 14.4. The fraction of sp³-hybridized carbons (Fsp3) is 0.944. The van der Waals surface area contributed by atoms with Crippen LogP contribution in [0.15, 0.2) is 0 Å². The number of carboxylic acids is 1. The summed E-state index contributed by atoms with van der Waals surface area (Å²) in [5.74, 6) is 0.894. The van der Waals surface area contributed by atoms with E-state index in [0.717, 1.165) is 25.2 Å². The summed E-state index contributed by atoms with van der Waals surface area (Å²) in [7, 11) is 0. The Balaban J connectivity index is 1.87. The molecule has 3 fully saturated rings. The van der Waals surface area contributed by atoms with Crippen LogP contribution in [0.2, 0.25) is 0 Å². The monoisotopic (exact) mass is 278 g/mol. The second-order valence-electron chi connectivity index (χ2n) is 8.76. The molecule has 0 spiro atoms. The van der Waals surface area contributed by atoms with E-state index in [0.29, 0.717) is 16.7 Å². The van der Waals surface area contributed by atoms with Crippen LogP contribution in [0.3, 0.4) is 0 Å². The third-order valence-electron chi connectivity index (χ3n) is 7.55. The number of aliphatic carboxylic acids is 1. The molecule has 0 aliphatic heterocycles. The Morgan fingerprint density at radius 3 is 2.45 bits per heavy atom. The lowest BCUT2D eigenvalue weighted by molar-refractivity contribution is -0.163. The Morgan fingerprint density at radius 2 is 1.75 bits per heavy atom. The van der Waals surface area contributed by atoms with Crippen LogP contribution in [0.25, 0.3) is 0 Å². The lowest BCUT2D eigenvalue weighted by Gasteiger charge is -2.62. The number of carboxylic acid groups (broad SMARTS) is 1. The SMILES string of the molecule is C[C@]1(C(=O)O)CC[C@]2(C)[C@H](CC[C@]3(C)CCCC[C@H]32)C1. The first-order valence-electron chi connectivity index (χ1n) is 8.54. The van der Waals surface area contributed by atoms with Crippen LogP contribution in [-0.4, -0.2) is 11.1 Å². The van der Waals surface area contributed by atoms with Gasteiger partial charge in [0.1, 0.15) is 0 Å². The Bertz CT molecular complexity index is 418. The highest BCUT2D eigenvalue weighted by molar-refractivity contribution is 5.74. The number of rotatable bonds is 1. The molecule has 0 amide bonds. The molecule has 5 atom stereocenters. The summed E-state index contributed by atoms with van der Waals surface area (Å²) < 4.78 is 0. The van der Waals surface area contributed by atoms with Gasteiger partial charge in [-0.25, -0.2) is 0 Å². The molecule has 0 saturated heterocycles. The summed E-state index contributed by atoms with van der Waals surface area (Å²) in [5, 5.41) is 9.55. The molecule has 0 bridgehead atoms. The van der Waals surface area contributed by atoms with Crippen molar-refractivity contribution in [2.24, 2.45) is 28.1 Å². The second-order valence-corrected chi connectivity index (χ2v) is 8.76. The van der Waals surface area contributed by atoms with Crippen molar-refractivity contribution in [1.82, 2.24) is 0 Å². The van der Waals surface area contributed by atoms with Gasteiger partial charge in [0.2, 0.25) is 0 Å². The van der Waals surface area contributed by atoms with Gasteiger partial charge in [-0.1, -0.05) is 26.7 Å². The number of carbonyl (C=O) groups is 1. The highest BCUT2D eigenvalue weighted by atomic mass is 16.4. The molecule has 0 unspecified atom stereocenters. The third kappa shape index (κ3) is 1.94. The lowest BCUT2D eigenvalue weighted by Crippen LogP contribution is -2.54. The summed E-state index contributed by atoms with van der Waals surface area (Å²) in [4.78, 5) is 11.6. The average molecular weight is 278 g/mol. The zero-order valence-electron chi connectivity index (χ0n) is 13.4. The van der Waals surface area contributed by atoms with E-state index in [1.54, 1.807) is 0 Å². The van der Waals surface area contributed by atoms with E-state index in [-0.39, 0.29) is 0 Å². The van der Waals surface area contributed by atoms with Gasteiger partial charge in [0, 0.05) is 0 Å². The van der Waals surface area contributed by atoms with Gasteiger partial charge in [0.25, 0.3) is 0 Å². The highest BCUT2D eigenvalue weighted by Crippen LogP contribution is 2.65. The molecule has 0 aromatic heterocycles. The Morgan fingerprint density at radius 1 is 1.00 bits per heavy atom. The van der Waals surface area contributed by atoms with Crippen molar-refractivity contribution in [3.05, 3.63) is 0 Å². The minimum absolute atomic E-state index is 0.405. The fourth-order valence-electron chi connectivity index (χ4n) is 6.04. The lowest BCUT2D eigenvalue weighted by atomic mass is 9.43. The highest BCUT2D eigenvalue weighted by Gasteiger charge is 2.58. The minimum Gasteiger partial charge on any atom is -0.481 e. The largest absolute Gasteiger partial charge is 0.481 e. The van der Waals surface area contributed by atoms with Gasteiger partial charge in [-0.05, 0) is 74.5 Å². The zero-order chi connectivity index (χ0) is 14.6. The third-order valence-corrected chi connectivity index (χ3v) is 7.55. The average Bonchev–Trinajstić information content (AvgIpc) is 2.40. The van der Waals surface area contributed by atoms with E-state index < -0.39 is 11.4 Å². The molecule has 0 aromatic carbocycles. The predicted molar refractivity (Wildman–Crippen MR) is 80.5 cm³/mol. The van der Waals surface area contributed by atoms with Gasteiger partial charge in [0.05, 0.1) is 5.41 Å². The van der Waals surface area contributed by atoms with Crippen LogP contribution < -0.4 is 0 Å². The number of hydrogen-bond donors (Lipinski definition) is 1. The maximum Gasteiger partial charge on any atom is 0.309 e. The zero-order valence-corrected chi connectivity index (χ0v) is 13.4. The van der Waals surface area contributed by atoms with Crippen LogP contribution in [0.1, 0.15) is 78.6 Å². The molecule has 3 saturated carbocycles. The normalized spacial score (nSPS) is 52.0. The van der Waals surface area contributed by atoms with Gasteiger partial charge in [-0.2, -0.15) is 0 Å². The van der Waals surface area contributed by atoms with E-state index in [2.05, 4.69) is 13.8 Å². The van der Waals surface area contributed by atoms with Gasteiger partial charge in [-0.15, -0.1) is 0 Å². The molecule has 0 heterocycles. The molecule has 114 valence electrons. The Hall–Kier alpha value is -0.530. The summed E-state index contributed by atoms with van der Waals surface area (Å²) in [6.07, 6.45) is 11.1. The van der Waals surface area contributed by atoms with Crippen LogP contribution in [0.4, 0.5) is 0 Å². The summed E-state index contributed by atoms with van der Waals surface area (Å²) >= 11 is 0. The van der Waals surface area contributed by atoms with Crippen molar-refractivity contribution in [2.75, 3.05) is 0 Å². The first-order chi connectivity index (χ1) is 9.30. The van der Waals surface area contributed by atoms with E-state index in [4.69, 9.17) is 0 Å². The molecule has 1 N–H and O–H groups in total. The smallest absolute Gasteiger partial charge is 0.309 e. The first-order valence-corrected chi connectivity index (χ1v) is 8.54. The topological polar surface area (TPSA) is 37.3 Å². The summed E-state index contributed by atoms with van der Waals surface area (Å²) in [6.45, 7) is 6.99. The summed E-state index contributed by atoms with van der Waals surface area (Å²) in [6, 6.07) is 0. The van der Waals surface area contributed by atoms with Crippen molar-refractivity contribution in [3.63, 3.8) is 0 Å². The molecule has 3 aliphatic rings. The molecule has 2 heteroatoms. The van der Waals surface area contributed by atoms with Gasteiger partial charge >= 0.3 is 5.97 Å². The number of fused-ring (bicyclic) bond motifs is 3. The molecule has 3 aliphatic carbocycles. The van der Waals surface area contributed by atoms with Crippen molar-refractivity contribution in [1.29, 1.82) is 0 Å². The van der Waals surface area contributed by atoms with Crippen molar-refractivity contribution >= 4 is 5.97 Å². The van der Waals surface area contributed by atoms with E-state index in [1.165, 1.54) is 38.5 Å². The quantitative estimate of drug-likeness (QED) is 0.742.